The van der Waals surface area contributed by atoms with E-state index in [0.29, 0.717) is 0 Å². The predicted octanol–water partition coefficient (Wildman–Crippen LogP) is 2.18. The smallest absolute Gasteiger partial charge is 0.337 e. The predicted molar refractivity (Wildman–Crippen MR) is 69.2 cm³/mol. The second-order valence-electron chi connectivity index (χ2n) is 4.56. The molecule has 1 aromatic carbocycles. The van der Waals surface area contributed by atoms with E-state index in [-0.39, 0.29) is 16.3 Å². The van der Waals surface area contributed by atoms with Crippen LogP contribution in [0.4, 0.5) is 5.69 Å². The van der Waals surface area contributed by atoms with Crippen molar-refractivity contribution in [1.82, 2.24) is 0 Å². The number of halogens is 1. The van der Waals surface area contributed by atoms with Gasteiger partial charge in [0.25, 0.3) is 0 Å². The molecule has 2 atom stereocenters. The van der Waals surface area contributed by atoms with Crippen molar-refractivity contribution in [3.8, 4) is 0 Å². The molecule has 2 amide bonds. The summed E-state index contributed by atoms with van der Waals surface area (Å²) in [5.74, 6) is -2.94. The molecule has 1 aliphatic heterocycles. The highest BCUT2D eigenvalue weighted by molar-refractivity contribution is 6.32. The maximum atomic E-state index is 12.1. The summed E-state index contributed by atoms with van der Waals surface area (Å²) in [6.45, 7) is 3.30. The molecule has 1 aromatic rings. The summed E-state index contributed by atoms with van der Waals surface area (Å²) in [5.41, 5.74) is -0.0846. The molecule has 0 aliphatic carbocycles. The summed E-state index contributed by atoms with van der Waals surface area (Å²) in [6.07, 6.45) is 0. The van der Waals surface area contributed by atoms with Gasteiger partial charge in [-0.1, -0.05) is 25.4 Å². The lowest BCUT2D eigenvalue weighted by atomic mass is 10.00. The highest BCUT2D eigenvalue weighted by Gasteiger charge is 2.44. The lowest BCUT2D eigenvalue weighted by Crippen LogP contribution is -2.32. The van der Waals surface area contributed by atoms with Crippen molar-refractivity contribution >= 4 is 35.1 Å². The van der Waals surface area contributed by atoms with Crippen molar-refractivity contribution in [2.24, 2.45) is 11.8 Å². The molecule has 0 bridgehead atoms. The monoisotopic (exact) mass is 281 g/mol. The van der Waals surface area contributed by atoms with E-state index in [0.717, 1.165) is 4.90 Å². The van der Waals surface area contributed by atoms with Crippen LogP contribution in [0.1, 0.15) is 24.2 Å². The number of amides is 2. The van der Waals surface area contributed by atoms with Crippen LogP contribution in [-0.4, -0.2) is 22.9 Å². The van der Waals surface area contributed by atoms with Crippen molar-refractivity contribution in [2.75, 3.05) is 4.90 Å². The van der Waals surface area contributed by atoms with Gasteiger partial charge >= 0.3 is 5.97 Å². The Morgan fingerprint density at radius 1 is 1.21 bits per heavy atom. The Hall–Kier alpha value is -1.88. The van der Waals surface area contributed by atoms with E-state index in [1.807, 2.05) is 0 Å². The highest BCUT2D eigenvalue weighted by Crippen LogP contribution is 2.34. The summed E-state index contributed by atoms with van der Waals surface area (Å²) in [4.78, 5) is 36.3. The second kappa shape index (κ2) is 4.66. The van der Waals surface area contributed by atoms with Crippen molar-refractivity contribution in [2.45, 2.75) is 13.8 Å². The molecule has 1 aliphatic rings. The summed E-state index contributed by atoms with van der Waals surface area (Å²) < 4.78 is 0. The van der Waals surface area contributed by atoms with Crippen LogP contribution in [0.15, 0.2) is 18.2 Å². The minimum Gasteiger partial charge on any atom is -0.478 e. The van der Waals surface area contributed by atoms with Crippen molar-refractivity contribution in [3.63, 3.8) is 0 Å². The first-order chi connectivity index (χ1) is 8.84. The number of benzene rings is 1. The minimum atomic E-state index is -1.21. The van der Waals surface area contributed by atoms with E-state index in [1.54, 1.807) is 13.8 Å². The lowest BCUT2D eigenvalue weighted by molar-refractivity contribution is -0.122. The van der Waals surface area contributed by atoms with Gasteiger partial charge in [-0.3, -0.25) is 9.59 Å². The SMILES string of the molecule is CC1C(=O)N(c2cc(Cl)ccc2C(=O)O)C(=O)C1C. The molecule has 1 N–H and O–H groups in total. The van der Waals surface area contributed by atoms with Gasteiger partial charge in [0.1, 0.15) is 0 Å². The van der Waals surface area contributed by atoms with Crippen molar-refractivity contribution < 1.29 is 19.5 Å². The van der Waals surface area contributed by atoms with Crippen molar-refractivity contribution in [1.29, 1.82) is 0 Å². The third-order valence-electron chi connectivity index (χ3n) is 3.40. The molecule has 2 rings (SSSR count). The van der Waals surface area contributed by atoms with Gasteiger partial charge in [0.15, 0.2) is 0 Å². The minimum absolute atomic E-state index is 0.0335. The van der Waals surface area contributed by atoms with Gasteiger partial charge in [-0.2, -0.15) is 0 Å². The fourth-order valence-electron chi connectivity index (χ4n) is 2.05. The Labute approximate surface area is 114 Å². The number of carbonyl (C=O) groups excluding carboxylic acids is 2. The van der Waals surface area contributed by atoms with Crippen LogP contribution < -0.4 is 4.90 Å². The largest absolute Gasteiger partial charge is 0.478 e. The maximum absolute atomic E-state index is 12.1. The third kappa shape index (κ3) is 2.10. The molecule has 1 heterocycles. The summed E-state index contributed by atoms with van der Waals surface area (Å²) >= 11 is 5.83. The van der Waals surface area contributed by atoms with E-state index in [1.165, 1.54) is 18.2 Å². The number of hydrogen-bond donors (Lipinski definition) is 1. The molecule has 100 valence electrons. The van der Waals surface area contributed by atoms with E-state index < -0.39 is 29.6 Å². The van der Waals surface area contributed by atoms with Crippen LogP contribution in [-0.2, 0) is 9.59 Å². The summed E-state index contributed by atoms with van der Waals surface area (Å²) in [7, 11) is 0. The molecule has 1 saturated heterocycles. The van der Waals surface area contributed by atoms with Crippen LogP contribution in [0.5, 0.6) is 0 Å². The number of rotatable bonds is 2. The number of carboxylic acid groups (broad SMARTS) is 1. The normalized spacial score (nSPS) is 23.0. The van der Waals surface area contributed by atoms with Gasteiger partial charge in [-0.05, 0) is 18.2 Å². The Morgan fingerprint density at radius 3 is 2.21 bits per heavy atom. The molecule has 0 radical (unpaired) electrons. The molecule has 0 saturated carbocycles. The zero-order chi connectivity index (χ0) is 14.3. The van der Waals surface area contributed by atoms with Gasteiger partial charge < -0.3 is 5.11 Å². The highest BCUT2D eigenvalue weighted by atomic mass is 35.5. The van der Waals surface area contributed by atoms with Crippen LogP contribution in [0.3, 0.4) is 0 Å². The van der Waals surface area contributed by atoms with Gasteiger partial charge in [0, 0.05) is 16.9 Å². The number of hydrogen-bond acceptors (Lipinski definition) is 3. The number of imide groups is 1. The molecule has 19 heavy (non-hydrogen) atoms. The Bertz CT molecular complexity index is 564. The average Bonchev–Trinajstić information content (AvgIpc) is 2.53. The molecule has 6 heteroatoms. The van der Waals surface area contributed by atoms with E-state index in [2.05, 4.69) is 0 Å². The zero-order valence-corrected chi connectivity index (χ0v) is 11.1. The molecule has 2 unspecified atom stereocenters. The number of anilines is 1. The molecule has 0 spiro atoms. The Kier molecular flexibility index (Phi) is 3.32. The zero-order valence-electron chi connectivity index (χ0n) is 10.4. The van der Waals surface area contributed by atoms with Gasteiger partial charge in [-0.15, -0.1) is 0 Å². The van der Waals surface area contributed by atoms with E-state index >= 15 is 0 Å². The number of carbonyl (C=O) groups is 3. The maximum Gasteiger partial charge on any atom is 0.337 e. The fourth-order valence-corrected chi connectivity index (χ4v) is 2.22. The first kappa shape index (κ1) is 13.5. The average molecular weight is 282 g/mol. The molecule has 0 aromatic heterocycles. The number of nitrogens with zero attached hydrogens (tertiary/aromatic N) is 1. The standard InChI is InChI=1S/C13H12ClNO4/c1-6-7(2)12(17)15(11(6)16)10-5-8(14)3-4-9(10)13(18)19/h3-7H,1-2H3,(H,18,19). The second-order valence-corrected chi connectivity index (χ2v) is 4.99. The number of carboxylic acids is 1. The quantitative estimate of drug-likeness (QED) is 0.843. The first-order valence-electron chi connectivity index (χ1n) is 5.75. The van der Waals surface area contributed by atoms with Crippen LogP contribution in [0, 0.1) is 11.8 Å². The van der Waals surface area contributed by atoms with E-state index in [9.17, 15) is 14.4 Å². The van der Waals surface area contributed by atoms with Crippen LogP contribution >= 0.6 is 11.6 Å². The topological polar surface area (TPSA) is 74.7 Å². The van der Waals surface area contributed by atoms with Gasteiger partial charge in [-0.25, -0.2) is 9.69 Å². The first-order valence-corrected chi connectivity index (χ1v) is 6.13. The van der Waals surface area contributed by atoms with Gasteiger partial charge in [0.2, 0.25) is 11.8 Å². The number of aromatic carboxylic acids is 1. The molecule has 5 nitrogen and oxygen atoms in total. The van der Waals surface area contributed by atoms with E-state index in [4.69, 9.17) is 16.7 Å². The summed E-state index contributed by atoms with van der Waals surface area (Å²) in [5, 5.41) is 9.40. The Balaban J connectivity index is 2.59. The van der Waals surface area contributed by atoms with Crippen LogP contribution in [0.25, 0.3) is 0 Å². The third-order valence-corrected chi connectivity index (χ3v) is 3.64. The van der Waals surface area contributed by atoms with Crippen molar-refractivity contribution in [3.05, 3.63) is 28.8 Å². The fraction of sp³-hybridized carbons (Fsp3) is 0.308. The molecule has 1 fully saturated rings. The van der Waals surface area contributed by atoms with Crippen LogP contribution in [0.2, 0.25) is 5.02 Å². The van der Waals surface area contributed by atoms with Gasteiger partial charge in [0.05, 0.1) is 11.3 Å². The summed E-state index contributed by atoms with van der Waals surface area (Å²) in [6, 6.07) is 4.02. The lowest BCUT2D eigenvalue weighted by Gasteiger charge is -2.17. The molecular formula is C13H12ClNO4. The Morgan fingerprint density at radius 2 is 1.74 bits per heavy atom. The molecular weight excluding hydrogens is 270 g/mol.